The Bertz CT molecular complexity index is 413. The number of nitrogens with zero attached hydrogens (tertiary/aromatic N) is 1. The number of aliphatic carboxylic acids is 1. The number of hydrogen-bond donors (Lipinski definition) is 1. The first-order valence-corrected chi connectivity index (χ1v) is 6.29. The summed E-state index contributed by atoms with van der Waals surface area (Å²) in [7, 11) is 0. The summed E-state index contributed by atoms with van der Waals surface area (Å²) in [5.41, 5.74) is 2.02. The molecule has 0 saturated carbocycles. The van der Waals surface area contributed by atoms with E-state index in [0.717, 1.165) is 44.0 Å². The van der Waals surface area contributed by atoms with Crippen LogP contribution in [0.3, 0.4) is 0 Å². The third-order valence-electron chi connectivity index (χ3n) is 3.39. The van der Waals surface area contributed by atoms with Crippen LogP contribution in [0, 0.1) is 0 Å². The van der Waals surface area contributed by atoms with Gasteiger partial charge in [-0.15, -0.1) is 0 Å². The van der Waals surface area contributed by atoms with Crippen LogP contribution in [0.2, 0.25) is 0 Å². The quantitative estimate of drug-likeness (QED) is 0.882. The van der Waals surface area contributed by atoms with Gasteiger partial charge in [-0.3, -0.25) is 9.69 Å². The van der Waals surface area contributed by atoms with Crippen molar-refractivity contribution >= 4 is 5.97 Å². The number of ether oxygens (including phenoxy) is 1. The maximum absolute atomic E-state index is 11.1. The standard InChI is InChI=1S/C14H19NO3/c1-11(14(16)17)13-5-3-2-4-12(13)10-15-6-8-18-9-7-15/h2-5,11H,6-10H2,1H3,(H,16,17). The molecule has 1 saturated heterocycles. The summed E-state index contributed by atoms with van der Waals surface area (Å²) in [5.74, 6) is -1.23. The number of carbonyl (C=O) groups is 1. The van der Waals surface area contributed by atoms with E-state index in [1.165, 1.54) is 0 Å². The Morgan fingerprint density at radius 1 is 1.39 bits per heavy atom. The molecule has 0 amide bonds. The van der Waals surface area contributed by atoms with E-state index in [0.29, 0.717) is 0 Å². The number of carboxylic acid groups (broad SMARTS) is 1. The summed E-state index contributed by atoms with van der Waals surface area (Å²) < 4.78 is 5.32. The Labute approximate surface area is 107 Å². The van der Waals surface area contributed by atoms with Crippen molar-refractivity contribution in [2.45, 2.75) is 19.4 Å². The first kappa shape index (κ1) is 13.1. The second-order valence-corrected chi connectivity index (χ2v) is 4.65. The van der Waals surface area contributed by atoms with Gasteiger partial charge in [0.2, 0.25) is 0 Å². The molecule has 0 bridgehead atoms. The van der Waals surface area contributed by atoms with Gasteiger partial charge in [0.1, 0.15) is 0 Å². The van der Waals surface area contributed by atoms with Gasteiger partial charge in [-0.25, -0.2) is 0 Å². The monoisotopic (exact) mass is 249 g/mol. The van der Waals surface area contributed by atoms with Crippen molar-refractivity contribution in [1.29, 1.82) is 0 Å². The summed E-state index contributed by atoms with van der Waals surface area (Å²) >= 11 is 0. The lowest BCUT2D eigenvalue weighted by molar-refractivity contribution is -0.138. The molecule has 1 fully saturated rings. The maximum atomic E-state index is 11.1. The highest BCUT2D eigenvalue weighted by Crippen LogP contribution is 2.21. The fourth-order valence-corrected chi connectivity index (χ4v) is 2.23. The van der Waals surface area contributed by atoms with Crippen LogP contribution in [-0.4, -0.2) is 42.3 Å². The van der Waals surface area contributed by atoms with E-state index in [9.17, 15) is 4.79 Å². The van der Waals surface area contributed by atoms with E-state index in [2.05, 4.69) is 4.90 Å². The minimum Gasteiger partial charge on any atom is -0.481 e. The van der Waals surface area contributed by atoms with Crippen LogP contribution in [0.5, 0.6) is 0 Å². The molecule has 98 valence electrons. The molecule has 2 rings (SSSR count). The molecular weight excluding hydrogens is 230 g/mol. The third kappa shape index (κ3) is 3.09. The van der Waals surface area contributed by atoms with E-state index >= 15 is 0 Å². The van der Waals surface area contributed by atoms with Crippen molar-refractivity contribution in [3.05, 3.63) is 35.4 Å². The van der Waals surface area contributed by atoms with Crippen molar-refractivity contribution < 1.29 is 14.6 Å². The Kier molecular flexibility index (Phi) is 4.33. The van der Waals surface area contributed by atoms with Gasteiger partial charge in [-0.2, -0.15) is 0 Å². The molecule has 0 spiro atoms. The van der Waals surface area contributed by atoms with Crippen LogP contribution < -0.4 is 0 Å². The predicted molar refractivity (Wildman–Crippen MR) is 68.6 cm³/mol. The van der Waals surface area contributed by atoms with Crippen molar-refractivity contribution in [3.8, 4) is 0 Å². The van der Waals surface area contributed by atoms with Crippen molar-refractivity contribution in [3.63, 3.8) is 0 Å². The third-order valence-corrected chi connectivity index (χ3v) is 3.39. The van der Waals surface area contributed by atoms with Crippen molar-refractivity contribution in [2.75, 3.05) is 26.3 Å². The first-order chi connectivity index (χ1) is 8.68. The minimum atomic E-state index is -0.774. The molecule has 4 heteroatoms. The molecule has 1 aliphatic heterocycles. The van der Waals surface area contributed by atoms with Crippen LogP contribution in [0.4, 0.5) is 0 Å². The molecule has 1 heterocycles. The predicted octanol–water partition coefficient (Wildman–Crippen LogP) is 1.71. The molecule has 1 aromatic carbocycles. The van der Waals surface area contributed by atoms with Crippen LogP contribution in [0.1, 0.15) is 24.0 Å². The molecule has 4 nitrogen and oxygen atoms in total. The van der Waals surface area contributed by atoms with Gasteiger partial charge in [0.05, 0.1) is 19.1 Å². The number of benzene rings is 1. The highest BCUT2D eigenvalue weighted by atomic mass is 16.5. The Morgan fingerprint density at radius 3 is 2.72 bits per heavy atom. The number of rotatable bonds is 4. The minimum absolute atomic E-state index is 0.456. The second-order valence-electron chi connectivity index (χ2n) is 4.65. The lowest BCUT2D eigenvalue weighted by Gasteiger charge is -2.27. The van der Waals surface area contributed by atoms with Gasteiger partial charge in [0.25, 0.3) is 0 Å². The van der Waals surface area contributed by atoms with Crippen LogP contribution in [-0.2, 0) is 16.1 Å². The second kappa shape index (κ2) is 5.98. The largest absolute Gasteiger partial charge is 0.481 e. The molecule has 0 radical (unpaired) electrons. The Hall–Kier alpha value is -1.39. The van der Waals surface area contributed by atoms with Crippen LogP contribution >= 0.6 is 0 Å². The number of carboxylic acids is 1. The number of morpholine rings is 1. The number of hydrogen-bond acceptors (Lipinski definition) is 3. The topological polar surface area (TPSA) is 49.8 Å². The van der Waals surface area contributed by atoms with E-state index in [1.807, 2.05) is 24.3 Å². The van der Waals surface area contributed by atoms with Gasteiger partial charge in [-0.1, -0.05) is 24.3 Å². The van der Waals surface area contributed by atoms with E-state index in [-0.39, 0.29) is 0 Å². The Morgan fingerprint density at radius 2 is 2.06 bits per heavy atom. The molecule has 18 heavy (non-hydrogen) atoms. The maximum Gasteiger partial charge on any atom is 0.310 e. The van der Waals surface area contributed by atoms with Gasteiger partial charge in [0.15, 0.2) is 0 Å². The Balaban J connectivity index is 2.13. The fourth-order valence-electron chi connectivity index (χ4n) is 2.23. The van der Waals surface area contributed by atoms with Gasteiger partial charge < -0.3 is 9.84 Å². The van der Waals surface area contributed by atoms with Gasteiger partial charge in [0, 0.05) is 19.6 Å². The molecule has 1 atom stereocenters. The summed E-state index contributed by atoms with van der Waals surface area (Å²) in [5, 5.41) is 9.13. The highest BCUT2D eigenvalue weighted by Gasteiger charge is 2.19. The summed E-state index contributed by atoms with van der Waals surface area (Å²) in [6.45, 7) is 5.89. The first-order valence-electron chi connectivity index (χ1n) is 6.29. The average Bonchev–Trinajstić information content (AvgIpc) is 2.39. The molecule has 1 unspecified atom stereocenters. The molecule has 0 aromatic heterocycles. The molecule has 1 N–H and O–H groups in total. The zero-order valence-corrected chi connectivity index (χ0v) is 10.6. The zero-order valence-electron chi connectivity index (χ0n) is 10.6. The van der Waals surface area contributed by atoms with E-state index in [1.54, 1.807) is 6.92 Å². The molecule has 1 aromatic rings. The normalized spacial score (nSPS) is 18.5. The van der Waals surface area contributed by atoms with Gasteiger partial charge in [-0.05, 0) is 18.1 Å². The summed E-state index contributed by atoms with van der Waals surface area (Å²) in [6, 6.07) is 7.80. The van der Waals surface area contributed by atoms with Crippen LogP contribution in [0.25, 0.3) is 0 Å². The molecule has 1 aliphatic rings. The molecule has 0 aliphatic carbocycles. The lowest BCUT2D eigenvalue weighted by Crippen LogP contribution is -2.36. The van der Waals surface area contributed by atoms with Crippen molar-refractivity contribution in [2.24, 2.45) is 0 Å². The summed E-state index contributed by atoms with van der Waals surface area (Å²) in [6.07, 6.45) is 0. The van der Waals surface area contributed by atoms with E-state index < -0.39 is 11.9 Å². The van der Waals surface area contributed by atoms with Crippen LogP contribution in [0.15, 0.2) is 24.3 Å². The van der Waals surface area contributed by atoms with Gasteiger partial charge >= 0.3 is 5.97 Å². The van der Waals surface area contributed by atoms with Crippen molar-refractivity contribution in [1.82, 2.24) is 4.90 Å². The fraction of sp³-hybridized carbons (Fsp3) is 0.500. The highest BCUT2D eigenvalue weighted by molar-refractivity contribution is 5.76. The zero-order chi connectivity index (χ0) is 13.0. The molecular formula is C14H19NO3. The average molecular weight is 249 g/mol. The lowest BCUT2D eigenvalue weighted by atomic mass is 9.95. The smallest absolute Gasteiger partial charge is 0.310 e. The van der Waals surface area contributed by atoms with E-state index in [4.69, 9.17) is 9.84 Å². The SMILES string of the molecule is CC(C(=O)O)c1ccccc1CN1CCOCC1. The summed E-state index contributed by atoms with van der Waals surface area (Å²) in [4.78, 5) is 13.4.